The van der Waals surface area contributed by atoms with Gasteiger partial charge in [-0.25, -0.2) is 0 Å². The minimum Gasteiger partial charge on any atom is -0.370 e. The van der Waals surface area contributed by atoms with Gasteiger partial charge in [-0.05, 0) is 106 Å². The number of fused-ring (bicyclic) bond motifs is 6. The van der Waals surface area contributed by atoms with E-state index in [1.165, 1.54) is 91.7 Å². The maximum Gasteiger partial charge on any atom is 0.101 e. The van der Waals surface area contributed by atoms with E-state index in [1.54, 1.807) is 0 Å². The van der Waals surface area contributed by atoms with Crippen LogP contribution in [0.2, 0.25) is 0 Å². The molecule has 3 fully saturated rings. The van der Waals surface area contributed by atoms with Crippen molar-refractivity contribution in [1.29, 1.82) is 10.5 Å². The van der Waals surface area contributed by atoms with Gasteiger partial charge in [0.2, 0.25) is 0 Å². The maximum atomic E-state index is 10.3. The SMILES string of the molecule is C=C1c2cc(C#N)c(N3CCC(N4CCCC4)CC3)cc2C2(CCCCC2)c2[nH]c3c(c21)CCC(C)(C#N)C3. The topological polar surface area (TPSA) is 69.8 Å². The lowest BCUT2D eigenvalue weighted by Crippen LogP contribution is -2.44. The van der Waals surface area contributed by atoms with Gasteiger partial charge in [0, 0.05) is 47.9 Å². The van der Waals surface area contributed by atoms with Crippen LogP contribution >= 0.6 is 0 Å². The van der Waals surface area contributed by atoms with E-state index in [1.807, 2.05) is 0 Å². The smallest absolute Gasteiger partial charge is 0.101 e. The average molecular weight is 520 g/mol. The zero-order valence-electron chi connectivity index (χ0n) is 23.5. The summed E-state index contributed by atoms with van der Waals surface area (Å²) in [6.07, 6.45) is 13.7. The van der Waals surface area contributed by atoms with Gasteiger partial charge in [0.25, 0.3) is 0 Å². The zero-order valence-corrected chi connectivity index (χ0v) is 23.5. The number of aromatic nitrogens is 1. The standard InChI is InChI=1S/C34H41N5/c1-23-27-18-24(21-35)30(39-16-9-25(10-17-39)38-14-6-7-15-38)19-28(27)34(11-4-3-5-12-34)32-31(23)26-8-13-33(2,22-36)20-29(26)37-32/h18-19,25,37H,1,3-17,20H2,2H3. The number of piperidine rings is 1. The molecule has 5 nitrogen and oxygen atoms in total. The van der Waals surface area contributed by atoms with Crippen molar-refractivity contribution in [1.82, 2.24) is 9.88 Å². The van der Waals surface area contributed by atoms with Crippen molar-refractivity contribution in [3.05, 3.63) is 57.9 Å². The molecule has 3 aliphatic carbocycles. The molecule has 1 atom stereocenters. The molecule has 5 aliphatic rings. The Labute approximate surface area is 233 Å². The minimum atomic E-state index is -0.309. The Kier molecular flexibility index (Phi) is 5.94. The van der Waals surface area contributed by atoms with E-state index < -0.39 is 0 Å². The van der Waals surface area contributed by atoms with Gasteiger partial charge in [-0.2, -0.15) is 10.5 Å². The second-order valence-corrected chi connectivity index (χ2v) is 13.3. The van der Waals surface area contributed by atoms with Gasteiger partial charge in [-0.15, -0.1) is 0 Å². The lowest BCUT2D eigenvalue weighted by Gasteiger charge is -2.44. The number of likely N-dealkylation sites (tertiary alicyclic amines) is 1. The zero-order chi connectivity index (χ0) is 26.8. The largest absolute Gasteiger partial charge is 0.370 e. The van der Waals surface area contributed by atoms with Crippen LogP contribution in [0.3, 0.4) is 0 Å². The summed E-state index contributed by atoms with van der Waals surface area (Å²) in [6, 6.07) is 10.5. The van der Waals surface area contributed by atoms with Crippen molar-refractivity contribution in [3.63, 3.8) is 0 Å². The first-order valence-corrected chi connectivity index (χ1v) is 15.4. The molecule has 1 aromatic heterocycles. The fraction of sp³-hybridized carbons (Fsp3) is 0.588. The van der Waals surface area contributed by atoms with Crippen LogP contribution in [0.1, 0.15) is 110 Å². The van der Waals surface area contributed by atoms with Crippen LogP contribution in [-0.2, 0) is 18.3 Å². The number of H-pyrrole nitrogens is 1. The highest BCUT2D eigenvalue weighted by molar-refractivity contribution is 5.90. The third kappa shape index (κ3) is 3.81. The highest BCUT2D eigenvalue weighted by atomic mass is 15.2. The Morgan fingerprint density at radius 3 is 2.41 bits per heavy atom. The van der Waals surface area contributed by atoms with Crippen LogP contribution in [0.4, 0.5) is 5.69 Å². The molecule has 1 spiro atoms. The van der Waals surface area contributed by atoms with E-state index >= 15 is 0 Å². The molecule has 0 amide bonds. The van der Waals surface area contributed by atoms with Crippen molar-refractivity contribution < 1.29 is 0 Å². The fourth-order valence-corrected chi connectivity index (χ4v) is 8.79. The number of nitrogens with one attached hydrogen (secondary N) is 1. The quantitative estimate of drug-likeness (QED) is 0.486. The normalized spacial score (nSPS) is 26.5. The van der Waals surface area contributed by atoms with Crippen molar-refractivity contribution in [3.8, 4) is 12.1 Å². The third-order valence-electron chi connectivity index (χ3n) is 11.0. The number of nitrogens with zero attached hydrogens (tertiary/aromatic N) is 4. The Hall–Kier alpha value is -3.02. The van der Waals surface area contributed by atoms with Gasteiger partial charge in [0.05, 0.1) is 22.7 Å². The Morgan fingerprint density at radius 2 is 1.72 bits per heavy atom. The number of hydrogen-bond acceptors (Lipinski definition) is 4. The third-order valence-corrected chi connectivity index (χ3v) is 11.0. The molecule has 2 aliphatic heterocycles. The molecule has 1 aromatic carbocycles. The van der Waals surface area contributed by atoms with Gasteiger partial charge in [0.1, 0.15) is 6.07 Å². The lowest BCUT2D eigenvalue weighted by molar-refractivity contribution is 0.208. The number of nitriles is 2. The van der Waals surface area contributed by atoms with Crippen molar-refractivity contribution in [2.45, 2.75) is 95.4 Å². The van der Waals surface area contributed by atoms with E-state index in [2.05, 4.69) is 52.6 Å². The number of rotatable bonds is 2. The van der Waals surface area contributed by atoms with Crippen LogP contribution in [0.25, 0.3) is 5.57 Å². The van der Waals surface area contributed by atoms with E-state index in [0.29, 0.717) is 6.04 Å². The van der Waals surface area contributed by atoms with Gasteiger partial charge in [-0.1, -0.05) is 25.8 Å². The number of anilines is 1. The summed E-state index contributed by atoms with van der Waals surface area (Å²) in [6.45, 7) is 11.3. The van der Waals surface area contributed by atoms with Crippen LogP contribution in [0, 0.1) is 28.1 Å². The van der Waals surface area contributed by atoms with Crippen molar-refractivity contribution in [2.24, 2.45) is 5.41 Å². The second-order valence-electron chi connectivity index (χ2n) is 13.3. The Bertz CT molecular complexity index is 1400. The predicted molar refractivity (Wildman–Crippen MR) is 156 cm³/mol. The van der Waals surface area contributed by atoms with Gasteiger partial charge in [-0.3, -0.25) is 0 Å². The van der Waals surface area contributed by atoms with Crippen LogP contribution in [0.15, 0.2) is 18.7 Å². The predicted octanol–water partition coefficient (Wildman–Crippen LogP) is 6.59. The molecule has 1 saturated carbocycles. The van der Waals surface area contributed by atoms with Gasteiger partial charge < -0.3 is 14.8 Å². The van der Waals surface area contributed by atoms with E-state index in [-0.39, 0.29) is 10.8 Å². The summed E-state index contributed by atoms with van der Waals surface area (Å²) < 4.78 is 0. The van der Waals surface area contributed by atoms with Gasteiger partial charge >= 0.3 is 0 Å². The molecule has 202 valence electrons. The fourth-order valence-electron chi connectivity index (χ4n) is 8.79. The van der Waals surface area contributed by atoms with E-state index in [0.717, 1.165) is 62.0 Å². The lowest BCUT2D eigenvalue weighted by atomic mass is 9.60. The Balaban J connectivity index is 1.31. The number of benzene rings is 1. The molecule has 2 aromatic rings. The molecular formula is C34H41N5. The maximum absolute atomic E-state index is 10.3. The molecule has 0 bridgehead atoms. The van der Waals surface area contributed by atoms with Crippen molar-refractivity contribution in [2.75, 3.05) is 31.1 Å². The summed E-state index contributed by atoms with van der Waals surface area (Å²) in [7, 11) is 0. The molecule has 1 unspecified atom stereocenters. The summed E-state index contributed by atoms with van der Waals surface area (Å²) >= 11 is 0. The first-order valence-electron chi connectivity index (χ1n) is 15.4. The first-order chi connectivity index (χ1) is 19.0. The van der Waals surface area contributed by atoms with E-state index in [4.69, 9.17) is 0 Å². The van der Waals surface area contributed by atoms with Crippen molar-refractivity contribution >= 4 is 11.3 Å². The Morgan fingerprint density at radius 1 is 0.974 bits per heavy atom. The van der Waals surface area contributed by atoms with Crippen LogP contribution in [-0.4, -0.2) is 42.1 Å². The molecule has 0 radical (unpaired) electrons. The summed E-state index contributed by atoms with van der Waals surface area (Å²) in [5, 5.41) is 20.2. The molecule has 3 heterocycles. The van der Waals surface area contributed by atoms with Crippen LogP contribution in [0.5, 0.6) is 0 Å². The number of aromatic amines is 1. The molecule has 5 heteroatoms. The highest BCUT2D eigenvalue weighted by Gasteiger charge is 2.47. The summed E-state index contributed by atoms with van der Waals surface area (Å²) in [4.78, 5) is 9.14. The highest BCUT2D eigenvalue weighted by Crippen LogP contribution is 2.56. The van der Waals surface area contributed by atoms with Gasteiger partial charge in [0.15, 0.2) is 0 Å². The second kappa shape index (κ2) is 9.28. The summed E-state index contributed by atoms with van der Waals surface area (Å²) in [5.74, 6) is 0. The molecular weight excluding hydrogens is 478 g/mol. The molecule has 1 N–H and O–H groups in total. The number of hydrogen-bond donors (Lipinski definition) is 1. The van der Waals surface area contributed by atoms with E-state index in [9.17, 15) is 10.5 Å². The monoisotopic (exact) mass is 519 g/mol. The molecule has 7 rings (SSSR count). The molecule has 39 heavy (non-hydrogen) atoms. The van der Waals surface area contributed by atoms with Crippen LogP contribution < -0.4 is 4.90 Å². The minimum absolute atomic E-state index is 0.0545. The first kappa shape index (κ1) is 25.0. The summed E-state index contributed by atoms with van der Waals surface area (Å²) in [5.41, 5.74) is 10.5. The average Bonchev–Trinajstić information content (AvgIpc) is 3.65. The molecule has 2 saturated heterocycles.